The number of phenolic OH excluding ortho intramolecular Hbond substituents is 1. The third kappa shape index (κ3) is 3.36. The normalized spacial score (nSPS) is 17.9. The minimum atomic E-state index is -0.958. The summed E-state index contributed by atoms with van der Waals surface area (Å²) in [6, 6.07) is 16.4. The zero-order chi connectivity index (χ0) is 22.3. The maximum absolute atomic E-state index is 13.7. The van der Waals surface area contributed by atoms with Gasteiger partial charge in [0.2, 0.25) is 0 Å². The van der Waals surface area contributed by atoms with Gasteiger partial charge in [0.25, 0.3) is 11.7 Å². The Morgan fingerprint density at radius 1 is 0.935 bits per heavy atom. The number of anilines is 1. The predicted octanol–water partition coefficient (Wildman–Crippen LogP) is 4.77. The van der Waals surface area contributed by atoms with E-state index in [1.165, 1.54) is 35.2 Å². The lowest BCUT2D eigenvalue weighted by molar-refractivity contribution is -0.132. The molecule has 3 aromatic carbocycles. The molecule has 1 heterocycles. The van der Waals surface area contributed by atoms with Gasteiger partial charge in [-0.1, -0.05) is 36.4 Å². The number of hydrogen-bond acceptors (Lipinski definition) is 4. The van der Waals surface area contributed by atoms with E-state index in [1.807, 2.05) is 19.1 Å². The zero-order valence-electron chi connectivity index (χ0n) is 17.0. The topological polar surface area (TPSA) is 77.8 Å². The Morgan fingerprint density at radius 3 is 2.29 bits per heavy atom. The van der Waals surface area contributed by atoms with E-state index in [-0.39, 0.29) is 22.6 Å². The highest BCUT2D eigenvalue weighted by Crippen LogP contribution is 2.45. The van der Waals surface area contributed by atoms with Gasteiger partial charge >= 0.3 is 0 Å². The second-order valence-corrected chi connectivity index (χ2v) is 7.48. The number of para-hydroxylation sites is 2. The van der Waals surface area contributed by atoms with E-state index in [4.69, 9.17) is 0 Å². The van der Waals surface area contributed by atoms with Crippen LogP contribution in [0.1, 0.15) is 28.3 Å². The first-order valence-corrected chi connectivity index (χ1v) is 9.72. The maximum Gasteiger partial charge on any atom is 0.300 e. The molecule has 1 fully saturated rings. The molecule has 3 aromatic rings. The monoisotopic (exact) mass is 417 g/mol. The Labute approximate surface area is 178 Å². The van der Waals surface area contributed by atoms with Crippen LogP contribution in [0.25, 0.3) is 5.76 Å². The van der Waals surface area contributed by atoms with Crippen LogP contribution in [-0.2, 0) is 9.59 Å². The van der Waals surface area contributed by atoms with Gasteiger partial charge in [0.15, 0.2) is 0 Å². The number of amides is 1. The number of Topliss-reactive ketones (excluding diaryl/α,β-unsaturated/α-hetero) is 1. The number of aryl methyl sites for hydroxylation is 2. The Kier molecular flexibility index (Phi) is 5.07. The highest BCUT2D eigenvalue weighted by molar-refractivity contribution is 6.52. The predicted molar refractivity (Wildman–Crippen MR) is 115 cm³/mol. The number of carbonyl (C=O) groups excluding carboxylic acids is 2. The summed E-state index contributed by atoms with van der Waals surface area (Å²) in [5.41, 5.74) is 2.00. The minimum absolute atomic E-state index is 0.117. The van der Waals surface area contributed by atoms with Crippen LogP contribution in [0.4, 0.5) is 10.1 Å². The van der Waals surface area contributed by atoms with Gasteiger partial charge in [-0.05, 0) is 60.9 Å². The highest BCUT2D eigenvalue weighted by Gasteiger charge is 2.48. The van der Waals surface area contributed by atoms with Crippen LogP contribution in [0.15, 0.2) is 72.3 Å². The first-order valence-electron chi connectivity index (χ1n) is 9.72. The molecule has 6 heteroatoms. The molecule has 31 heavy (non-hydrogen) atoms. The smallest absolute Gasteiger partial charge is 0.300 e. The lowest BCUT2D eigenvalue weighted by atomic mass is 9.92. The number of aliphatic hydroxyl groups excluding tert-OH is 1. The van der Waals surface area contributed by atoms with E-state index in [0.29, 0.717) is 11.1 Å². The van der Waals surface area contributed by atoms with E-state index in [1.54, 1.807) is 31.2 Å². The van der Waals surface area contributed by atoms with Gasteiger partial charge < -0.3 is 10.2 Å². The van der Waals surface area contributed by atoms with Crippen molar-refractivity contribution in [2.24, 2.45) is 0 Å². The number of hydrogen-bond donors (Lipinski definition) is 2. The molecule has 0 saturated carbocycles. The quantitative estimate of drug-likeness (QED) is 0.365. The number of halogens is 1. The second kappa shape index (κ2) is 7.72. The highest BCUT2D eigenvalue weighted by atomic mass is 19.1. The Hall–Kier alpha value is -3.93. The molecule has 4 rings (SSSR count). The van der Waals surface area contributed by atoms with Crippen molar-refractivity contribution in [2.75, 3.05) is 4.90 Å². The molecular weight excluding hydrogens is 397 g/mol. The molecule has 1 saturated heterocycles. The molecule has 0 bridgehead atoms. The van der Waals surface area contributed by atoms with Crippen molar-refractivity contribution in [3.05, 3.63) is 100 Å². The lowest BCUT2D eigenvalue weighted by Gasteiger charge is -2.27. The van der Waals surface area contributed by atoms with Crippen LogP contribution in [-0.4, -0.2) is 21.9 Å². The van der Waals surface area contributed by atoms with Crippen LogP contribution >= 0.6 is 0 Å². The van der Waals surface area contributed by atoms with Crippen molar-refractivity contribution >= 4 is 23.1 Å². The molecule has 0 aromatic heterocycles. The molecule has 0 aliphatic carbocycles. The Bertz CT molecular complexity index is 1250. The number of carbonyl (C=O) groups is 2. The summed E-state index contributed by atoms with van der Waals surface area (Å²) in [7, 11) is 0. The van der Waals surface area contributed by atoms with Crippen LogP contribution in [0.3, 0.4) is 0 Å². The summed E-state index contributed by atoms with van der Waals surface area (Å²) in [5.74, 6) is -2.75. The van der Waals surface area contributed by atoms with Gasteiger partial charge in [0.1, 0.15) is 17.3 Å². The lowest BCUT2D eigenvalue weighted by Crippen LogP contribution is -2.29. The first-order chi connectivity index (χ1) is 14.8. The van der Waals surface area contributed by atoms with E-state index >= 15 is 0 Å². The number of aromatic hydroxyl groups is 1. The summed E-state index contributed by atoms with van der Waals surface area (Å²) in [5, 5.41) is 21.5. The molecular formula is C25H20FNO4. The van der Waals surface area contributed by atoms with Crippen LogP contribution in [0, 0.1) is 19.7 Å². The average Bonchev–Trinajstić information content (AvgIpc) is 3.01. The van der Waals surface area contributed by atoms with Crippen molar-refractivity contribution in [3.63, 3.8) is 0 Å². The Balaban J connectivity index is 2.00. The van der Waals surface area contributed by atoms with Crippen LogP contribution in [0.5, 0.6) is 5.75 Å². The molecule has 1 amide bonds. The molecule has 1 aliphatic heterocycles. The van der Waals surface area contributed by atoms with Crippen LogP contribution < -0.4 is 4.90 Å². The van der Waals surface area contributed by atoms with Crippen LogP contribution in [0.2, 0.25) is 0 Å². The molecule has 1 unspecified atom stereocenters. The van der Waals surface area contributed by atoms with Gasteiger partial charge in [0, 0.05) is 5.56 Å². The summed E-state index contributed by atoms with van der Waals surface area (Å²) in [6.07, 6.45) is 0. The zero-order valence-corrected chi connectivity index (χ0v) is 17.0. The minimum Gasteiger partial charge on any atom is -0.507 e. The van der Waals surface area contributed by atoms with Gasteiger partial charge in [-0.25, -0.2) is 4.39 Å². The largest absolute Gasteiger partial charge is 0.507 e. The molecule has 1 aliphatic rings. The third-order valence-electron chi connectivity index (χ3n) is 5.50. The summed E-state index contributed by atoms with van der Waals surface area (Å²) >= 11 is 0. The fraction of sp³-hybridized carbons (Fsp3) is 0.120. The van der Waals surface area contributed by atoms with E-state index in [0.717, 1.165) is 5.56 Å². The molecule has 5 nitrogen and oxygen atoms in total. The molecule has 156 valence electrons. The molecule has 1 atom stereocenters. The average molecular weight is 417 g/mol. The van der Waals surface area contributed by atoms with Crippen molar-refractivity contribution in [1.29, 1.82) is 0 Å². The van der Waals surface area contributed by atoms with Crippen molar-refractivity contribution in [2.45, 2.75) is 19.9 Å². The van der Waals surface area contributed by atoms with Crippen molar-refractivity contribution < 1.29 is 24.2 Å². The Morgan fingerprint density at radius 2 is 1.61 bits per heavy atom. The fourth-order valence-electron chi connectivity index (χ4n) is 3.88. The number of ketones is 1. The molecule has 0 spiro atoms. The molecule has 2 N–H and O–H groups in total. The summed E-state index contributed by atoms with van der Waals surface area (Å²) in [4.78, 5) is 27.4. The van der Waals surface area contributed by atoms with Gasteiger partial charge in [-0.15, -0.1) is 0 Å². The van der Waals surface area contributed by atoms with Crippen molar-refractivity contribution in [3.8, 4) is 5.75 Å². The fourth-order valence-corrected chi connectivity index (χ4v) is 3.88. The number of nitrogens with zero attached hydrogens (tertiary/aromatic N) is 1. The second-order valence-electron chi connectivity index (χ2n) is 7.48. The van der Waals surface area contributed by atoms with Gasteiger partial charge in [0.05, 0.1) is 17.3 Å². The number of phenols is 1. The summed E-state index contributed by atoms with van der Waals surface area (Å²) in [6.45, 7) is 3.38. The number of rotatable bonds is 3. The summed E-state index contributed by atoms with van der Waals surface area (Å²) < 4.78 is 13.7. The van der Waals surface area contributed by atoms with E-state index in [2.05, 4.69) is 0 Å². The maximum atomic E-state index is 13.7. The molecule has 0 radical (unpaired) electrons. The van der Waals surface area contributed by atoms with E-state index in [9.17, 15) is 24.2 Å². The van der Waals surface area contributed by atoms with Gasteiger partial charge in [-0.2, -0.15) is 0 Å². The standard InChI is InChI=1S/C25H20FNO4/c1-14-7-3-4-8-17(14)22-21(23(29)16-11-12-18(26)15(2)13-16)24(30)25(31)27(22)19-9-5-6-10-20(19)28/h3-13,22,28-29H,1-2H3/b23-21+. The van der Waals surface area contributed by atoms with Crippen molar-refractivity contribution in [1.82, 2.24) is 0 Å². The number of aliphatic hydroxyl groups is 1. The van der Waals surface area contributed by atoms with Gasteiger partial charge in [-0.3, -0.25) is 14.5 Å². The third-order valence-corrected chi connectivity index (χ3v) is 5.50. The SMILES string of the molecule is Cc1cc(/C(O)=C2\C(=O)C(=O)N(c3ccccc3O)C2c2ccccc2C)ccc1F. The van der Waals surface area contributed by atoms with E-state index < -0.39 is 29.3 Å². The first kappa shape index (κ1) is 20.3. The number of benzene rings is 3.